The van der Waals surface area contributed by atoms with Gasteiger partial charge in [-0.05, 0) is 38.9 Å². The van der Waals surface area contributed by atoms with Crippen LogP contribution >= 0.6 is 11.3 Å². The number of benzene rings is 1. The topological polar surface area (TPSA) is 28.2 Å². The van der Waals surface area contributed by atoms with E-state index in [1.54, 1.807) is 11.3 Å². The lowest BCUT2D eigenvalue weighted by atomic mass is 9.98. The van der Waals surface area contributed by atoms with E-state index < -0.39 is 0 Å². The van der Waals surface area contributed by atoms with Gasteiger partial charge in [0.1, 0.15) is 5.01 Å². The van der Waals surface area contributed by atoms with E-state index in [1.807, 2.05) is 6.07 Å². The van der Waals surface area contributed by atoms with E-state index in [9.17, 15) is 0 Å². The molecule has 1 atom stereocenters. The van der Waals surface area contributed by atoms with Crippen molar-refractivity contribution in [3.05, 3.63) is 40.7 Å². The number of nitrogens with one attached hydrogen (secondary N) is 1. The first-order valence-corrected chi connectivity index (χ1v) is 8.58. The van der Waals surface area contributed by atoms with Crippen molar-refractivity contribution in [2.45, 2.75) is 19.4 Å². The summed E-state index contributed by atoms with van der Waals surface area (Å²) >= 11 is 1.75. The van der Waals surface area contributed by atoms with Gasteiger partial charge in [-0.2, -0.15) is 0 Å². The standard InChI is InChI=1S/C17H23N3S/c1-20-9-5-6-14(12-20)10-18-11-17-19-16(13-21-17)15-7-3-2-4-8-15/h2-4,7-8,13-14,18H,5-6,9-12H2,1H3. The first kappa shape index (κ1) is 14.7. The van der Waals surface area contributed by atoms with Gasteiger partial charge in [-0.15, -0.1) is 11.3 Å². The number of hydrogen-bond donors (Lipinski definition) is 1. The van der Waals surface area contributed by atoms with Crippen LogP contribution in [0.3, 0.4) is 0 Å². The number of thiazole rings is 1. The molecule has 112 valence electrons. The minimum Gasteiger partial charge on any atom is -0.310 e. The third kappa shape index (κ3) is 4.13. The molecule has 3 nitrogen and oxygen atoms in total. The fourth-order valence-corrected chi connectivity index (χ4v) is 3.73. The summed E-state index contributed by atoms with van der Waals surface area (Å²) in [5, 5.41) is 6.91. The Morgan fingerprint density at radius 1 is 1.33 bits per heavy atom. The van der Waals surface area contributed by atoms with Gasteiger partial charge in [-0.25, -0.2) is 4.98 Å². The summed E-state index contributed by atoms with van der Waals surface area (Å²) in [6.45, 7) is 4.46. The predicted molar refractivity (Wildman–Crippen MR) is 89.5 cm³/mol. The average molecular weight is 301 g/mol. The summed E-state index contributed by atoms with van der Waals surface area (Å²) in [5.41, 5.74) is 2.30. The second kappa shape index (κ2) is 7.16. The largest absolute Gasteiger partial charge is 0.310 e. The van der Waals surface area contributed by atoms with Gasteiger partial charge in [-0.1, -0.05) is 30.3 Å². The Labute approximate surface area is 131 Å². The zero-order chi connectivity index (χ0) is 14.5. The molecular weight excluding hydrogens is 278 g/mol. The predicted octanol–water partition coefficient (Wildman–Crippen LogP) is 3.24. The Hall–Kier alpha value is -1.23. The Bertz CT molecular complexity index is 552. The van der Waals surface area contributed by atoms with E-state index in [1.165, 1.54) is 36.5 Å². The molecule has 1 unspecified atom stereocenters. The molecule has 0 saturated carbocycles. The molecule has 3 rings (SSSR count). The second-order valence-corrected chi connectivity index (χ2v) is 6.84. The molecule has 0 spiro atoms. The van der Waals surface area contributed by atoms with Crippen molar-refractivity contribution >= 4 is 11.3 Å². The molecule has 1 aliphatic rings. The maximum atomic E-state index is 4.72. The molecule has 0 aliphatic carbocycles. The van der Waals surface area contributed by atoms with Crippen LogP contribution in [0.4, 0.5) is 0 Å². The zero-order valence-corrected chi connectivity index (χ0v) is 13.4. The molecular formula is C17H23N3S. The third-order valence-corrected chi connectivity index (χ3v) is 4.90. The number of aromatic nitrogens is 1. The Balaban J connectivity index is 1.49. The van der Waals surface area contributed by atoms with Gasteiger partial charge in [0.2, 0.25) is 0 Å². The van der Waals surface area contributed by atoms with Crippen molar-refractivity contribution in [1.29, 1.82) is 0 Å². The van der Waals surface area contributed by atoms with Crippen LogP contribution in [-0.4, -0.2) is 36.6 Å². The van der Waals surface area contributed by atoms with Crippen molar-refractivity contribution in [1.82, 2.24) is 15.2 Å². The highest BCUT2D eigenvalue weighted by atomic mass is 32.1. The fraction of sp³-hybridized carbons (Fsp3) is 0.471. The van der Waals surface area contributed by atoms with Crippen LogP contribution in [0.1, 0.15) is 17.8 Å². The molecule has 2 heterocycles. The molecule has 21 heavy (non-hydrogen) atoms. The fourth-order valence-electron chi connectivity index (χ4n) is 2.96. The molecule has 1 aromatic heterocycles. The monoisotopic (exact) mass is 301 g/mol. The summed E-state index contributed by atoms with van der Waals surface area (Å²) < 4.78 is 0. The Morgan fingerprint density at radius 3 is 3.00 bits per heavy atom. The Morgan fingerprint density at radius 2 is 2.19 bits per heavy atom. The van der Waals surface area contributed by atoms with Gasteiger partial charge in [0.15, 0.2) is 0 Å². The highest BCUT2D eigenvalue weighted by Crippen LogP contribution is 2.21. The molecule has 1 N–H and O–H groups in total. The molecule has 1 saturated heterocycles. The number of nitrogens with zero attached hydrogens (tertiary/aromatic N) is 2. The lowest BCUT2D eigenvalue weighted by molar-refractivity contribution is 0.206. The minimum atomic E-state index is 0.789. The zero-order valence-electron chi connectivity index (χ0n) is 12.6. The number of rotatable bonds is 5. The molecule has 0 bridgehead atoms. The summed E-state index contributed by atoms with van der Waals surface area (Å²) in [5.74, 6) is 0.789. The minimum absolute atomic E-state index is 0.789. The van der Waals surface area contributed by atoms with E-state index >= 15 is 0 Å². The van der Waals surface area contributed by atoms with Crippen LogP contribution < -0.4 is 5.32 Å². The van der Waals surface area contributed by atoms with Gasteiger partial charge in [0.05, 0.1) is 5.69 Å². The average Bonchev–Trinajstić information content (AvgIpc) is 2.97. The quantitative estimate of drug-likeness (QED) is 0.919. The van der Waals surface area contributed by atoms with Gasteiger partial charge < -0.3 is 10.2 Å². The SMILES string of the molecule is CN1CCCC(CNCc2nc(-c3ccccc3)cs2)C1. The normalized spacial score (nSPS) is 19.8. The van der Waals surface area contributed by atoms with Crippen LogP contribution in [0.25, 0.3) is 11.3 Å². The third-order valence-electron chi connectivity index (χ3n) is 4.05. The number of likely N-dealkylation sites (tertiary alicyclic amines) is 1. The van der Waals surface area contributed by atoms with Crippen molar-refractivity contribution in [2.24, 2.45) is 5.92 Å². The Kier molecular flexibility index (Phi) is 5.01. The first-order valence-electron chi connectivity index (χ1n) is 7.70. The highest BCUT2D eigenvalue weighted by molar-refractivity contribution is 7.09. The van der Waals surface area contributed by atoms with Crippen LogP contribution in [0, 0.1) is 5.92 Å². The van der Waals surface area contributed by atoms with Crippen molar-refractivity contribution in [3.8, 4) is 11.3 Å². The van der Waals surface area contributed by atoms with E-state index in [4.69, 9.17) is 4.98 Å². The molecule has 0 radical (unpaired) electrons. The van der Waals surface area contributed by atoms with Crippen LogP contribution in [0.15, 0.2) is 35.7 Å². The molecule has 2 aromatic rings. The van der Waals surface area contributed by atoms with E-state index in [0.29, 0.717) is 0 Å². The van der Waals surface area contributed by atoms with Crippen LogP contribution in [-0.2, 0) is 6.54 Å². The van der Waals surface area contributed by atoms with Gasteiger partial charge in [0, 0.05) is 24.0 Å². The van der Waals surface area contributed by atoms with E-state index in [0.717, 1.165) is 24.7 Å². The van der Waals surface area contributed by atoms with Gasteiger partial charge in [-0.3, -0.25) is 0 Å². The van der Waals surface area contributed by atoms with Gasteiger partial charge >= 0.3 is 0 Å². The highest BCUT2D eigenvalue weighted by Gasteiger charge is 2.16. The molecule has 1 aromatic carbocycles. The van der Waals surface area contributed by atoms with E-state index in [2.05, 4.69) is 46.9 Å². The molecule has 0 amide bonds. The number of piperidine rings is 1. The molecule has 4 heteroatoms. The number of hydrogen-bond acceptors (Lipinski definition) is 4. The second-order valence-electron chi connectivity index (χ2n) is 5.89. The molecule has 1 aliphatic heterocycles. The van der Waals surface area contributed by atoms with E-state index in [-0.39, 0.29) is 0 Å². The molecule has 1 fully saturated rings. The van der Waals surface area contributed by atoms with Crippen molar-refractivity contribution in [2.75, 3.05) is 26.7 Å². The smallest absolute Gasteiger partial charge is 0.107 e. The van der Waals surface area contributed by atoms with Crippen molar-refractivity contribution in [3.63, 3.8) is 0 Å². The maximum absolute atomic E-state index is 4.72. The lowest BCUT2D eigenvalue weighted by Crippen LogP contribution is -2.37. The van der Waals surface area contributed by atoms with Crippen LogP contribution in [0.5, 0.6) is 0 Å². The first-order chi connectivity index (χ1) is 10.3. The summed E-state index contributed by atoms with van der Waals surface area (Å²) in [6, 6.07) is 10.4. The van der Waals surface area contributed by atoms with Crippen molar-refractivity contribution < 1.29 is 0 Å². The lowest BCUT2D eigenvalue weighted by Gasteiger charge is -2.29. The summed E-state index contributed by atoms with van der Waals surface area (Å²) in [6.07, 6.45) is 2.68. The summed E-state index contributed by atoms with van der Waals surface area (Å²) in [4.78, 5) is 7.16. The van der Waals surface area contributed by atoms with Gasteiger partial charge in [0.25, 0.3) is 0 Å². The maximum Gasteiger partial charge on any atom is 0.107 e. The summed E-state index contributed by atoms with van der Waals surface area (Å²) in [7, 11) is 2.22. The van der Waals surface area contributed by atoms with Crippen LogP contribution in [0.2, 0.25) is 0 Å².